The van der Waals surface area contributed by atoms with Crippen molar-refractivity contribution in [1.82, 2.24) is 9.80 Å². The molecule has 0 bridgehead atoms. The minimum Gasteiger partial charge on any atom is -0.300 e. The Labute approximate surface area is 137 Å². The highest BCUT2D eigenvalue weighted by molar-refractivity contribution is 6.21. The van der Waals surface area contributed by atoms with Crippen molar-refractivity contribution in [2.45, 2.75) is 45.1 Å². The lowest BCUT2D eigenvalue weighted by Gasteiger charge is -2.36. The van der Waals surface area contributed by atoms with E-state index >= 15 is 0 Å². The second kappa shape index (κ2) is 7.21. The summed E-state index contributed by atoms with van der Waals surface area (Å²) in [5.74, 6) is -0.512. The smallest absolute Gasteiger partial charge is 0.300 e. The molecule has 1 fully saturated rings. The lowest BCUT2D eigenvalue weighted by molar-refractivity contribution is -0.129. The lowest BCUT2D eigenvalue weighted by atomic mass is 9.95. The molecule has 3 rings (SSSR count). The summed E-state index contributed by atoms with van der Waals surface area (Å²) in [6.45, 7) is 4.79. The molecule has 1 aliphatic carbocycles. The Kier molecular flexibility index (Phi) is 5.06. The SMILES string of the molecule is CCC1CCCCN1CCCN1C(=O)N=C2C=CC=CC2C1=O. The van der Waals surface area contributed by atoms with Crippen molar-refractivity contribution in [1.29, 1.82) is 0 Å². The zero-order valence-electron chi connectivity index (χ0n) is 13.8. The van der Waals surface area contributed by atoms with Gasteiger partial charge in [-0.1, -0.05) is 31.6 Å². The summed E-state index contributed by atoms with van der Waals surface area (Å²) < 4.78 is 0. The van der Waals surface area contributed by atoms with Gasteiger partial charge in [0.25, 0.3) is 0 Å². The third kappa shape index (κ3) is 3.44. The third-order valence-corrected chi connectivity index (χ3v) is 5.04. The van der Waals surface area contributed by atoms with Gasteiger partial charge in [-0.2, -0.15) is 4.99 Å². The Bertz CT molecular complexity index is 565. The van der Waals surface area contributed by atoms with Crippen LogP contribution in [0.3, 0.4) is 0 Å². The summed E-state index contributed by atoms with van der Waals surface area (Å²) in [5, 5.41) is 0. The molecule has 0 saturated carbocycles. The van der Waals surface area contributed by atoms with Crippen LogP contribution in [-0.2, 0) is 4.79 Å². The summed E-state index contributed by atoms with van der Waals surface area (Å²) in [6, 6.07) is 0.249. The molecule has 0 radical (unpaired) electrons. The average Bonchev–Trinajstić information content (AvgIpc) is 2.58. The number of likely N-dealkylation sites (tertiary alicyclic amines) is 1. The molecule has 23 heavy (non-hydrogen) atoms. The minimum atomic E-state index is -0.410. The number of aliphatic imine (C=N–C) groups is 1. The standard InChI is InChI=1S/C18H25N3O2/c1-2-14-8-5-6-11-20(14)12-7-13-21-17(22)15-9-3-4-10-16(15)19-18(21)23/h3-4,9-10,14-15H,2,5-8,11-13H2,1H3. The van der Waals surface area contributed by atoms with Gasteiger partial charge in [0, 0.05) is 19.1 Å². The fourth-order valence-electron chi connectivity index (χ4n) is 3.73. The maximum Gasteiger partial charge on any atom is 0.350 e. The van der Waals surface area contributed by atoms with E-state index in [1.807, 2.05) is 18.2 Å². The van der Waals surface area contributed by atoms with E-state index in [1.165, 1.54) is 30.6 Å². The number of urea groups is 1. The highest BCUT2D eigenvalue weighted by atomic mass is 16.2. The Morgan fingerprint density at radius 1 is 1.22 bits per heavy atom. The number of amides is 3. The Hall–Kier alpha value is -1.75. The molecule has 3 amide bonds. The molecule has 0 aromatic rings. The van der Waals surface area contributed by atoms with Gasteiger partial charge in [-0.15, -0.1) is 0 Å². The lowest BCUT2D eigenvalue weighted by Crippen LogP contribution is -2.47. The number of nitrogens with zero attached hydrogens (tertiary/aromatic N) is 3. The first-order valence-corrected chi connectivity index (χ1v) is 8.73. The van der Waals surface area contributed by atoms with Crippen LogP contribution in [0.4, 0.5) is 4.79 Å². The maximum absolute atomic E-state index is 12.5. The van der Waals surface area contributed by atoms with Crippen LogP contribution in [0.1, 0.15) is 39.0 Å². The predicted molar refractivity (Wildman–Crippen MR) is 90.4 cm³/mol. The highest BCUT2D eigenvalue weighted by Crippen LogP contribution is 2.21. The number of fused-ring (bicyclic) bond motifs is 1. The fraction of sp³-hybridized carbons (Fsp3) is 0.611. The molecule has 2 atom stereocenters. The van der Waals surface area contributed by atoms with Crippen LogP contribution < -0.4 is 0 Å². The number of carbonyl (C=O) groups is 2. The highest BCUT2D eigenvalue weighted by Gasteiger charge is 2.35. The van der Waals surface area contributed by atoms with Crippen LogP contribution in [0.25, 0.3) is 0 Å². The number of hydrogen-bond donors (Lipinski definition) is 0. The molecular weight excluding hydrogens is 290 g/mol. The van der Waals surface area contributed by atoms with Crippen molar-refractivity contribution < 1.29 is 9.59 Å². The molecule has 0 N–H and O–H groups in total. The molecule has 2 unspecified atom stereocenters. The number of imide groups is 1. The van der Waals surface area contributed by atoms with Crippen molar-refractivity contribution in [3.8, 4) is 0 Å². The van der Waals surface area contributed by atoms with Gasteiger partial charge in [-0.05, 0) is 38.3 Å². The van der Waals surface area contributed by atoms with Crippen molar-refractivity contribution in [2.75, 3.05) is 19.6 Å². The first-order valence-electron chi connectivity index (χ1n) is 8.73. The van der Waals surface area contributed by atoms with Crippen LogP contribution in [-0.4, -0.2) is 53.1 Å². The molecule has 2 aliphatic heterocycles. The van der Waals surface area contributed by atoms with Gasteiger partial charge < -0.3 is 4.90 Å². The van der Waals surface area contributed by atoms with Gasteiger partial charge >= 0.3 is 6.03 Å². The van der Waals surface area contributed by atoms with Gasteiger partial charge in [0.1, 0.15) is 0 Å². The monoisotopic (exact) mass is 315 g/mol. The normalized spacial score (nSPS) is 28.0. The van der Waals surface area contributed by atoms with Crippen LogP contribution in [0.5, 0.6) is 0 Å². The molecule has 0 aromatic heterocycles. The number of hydrogen-bond acceptors (Lipinski definition) is 3. The number of carbonyl (C=O) groups excluding carboxylic acids is 2. The average molecular weight is 315 g/mol. The van der Waals surface area contributed by atoms with E-state index in [2.05, 4.69) is 16.8 Å². The summed E-state index contributed by atoms with van der Waals surface area (Å²) in [4.78, 5) is 32.5. The molecule has 0 spiro atoms. The van der Waals surface area contributed by atoms with Crippen molar-refractivity contribution in [2.24, 2.45) is 10.9 Å². The molecular formula is C18H25N3O2. The Morgan fingerprint density at radius 2 is 2.09 bits per heavy atom. The van der Waals surface area contributed by atoms with E-state index in [4.69, 9.17) is 0 Å². The molecule has 0 aromatic carbocycles. The van der Waals surface area contributed by atoms with Crippen LogP contribution >= 0.6 is 0 Å². The summed E-state index contributed by atoms with van der Waals surface area (Å²) in [6.07, 6.45) is 13.1. The molecule has 5 nitrogen and oxygen atoms in total. The molecule has 3 aliphatic rings. The minimum absolute atomic E-state index is 0.133. The number of piperidine rings is 1. The number of allylic oxidation sites excluding steroid dienone is 3. The van der Waals surface area contributed by atoms with Crippen molar-refractivity contribution in [3.63, 3.8) is 0 Å². The van der Waals surface area contributed by atoms with Gasteiger partial charge in [0.05, 0.1) is 11.6 Å². The second-order valence-corrected chi connectivity index (χ2v) is 6.48. The van der Waals surface area contributed by atoms with Crippen LogP contribution in [0.15, 0.2) is 29.3 Å². The summed E-state index contributed by atoms with van der Waals surface area (Å²) >= 11 is 0. The first kappa shape index (κ1) is 16.1. The van der Waals surface area contributed by atoms with E-state index in [-0.39, 0.29) is 11.8 Å². The summed E-state index contributed by atoms with van der Waals surface area (Å²) in [5.41, 5.74) is 0.570. The van der Waals surface area contributed by atoms with E-state index in [9.17, 15) is 9.59 Å². The zero-order chi connectivity index (χ0) is 16.2. The van der Waals surface area contributed by atoms with Crippen molar-refractivity contribution >= 4 is 17.6 Å². The molecule has 2 heterocycles. The predicted octanol–water partition coefficient (Wildman–Crippen LogP) is 2.79. The second-order valence-electron chi connectivity index (χ2n) is 6.48. The topological polar surface area (TPSA) is 53.0 Å². The van der Waals surface area contributed by atoms with E-state index in [0.717, 1.165) is 19.5 Å². The van der Waals surface area contributed by atoms with Crippen molar-refractivity contribution in [3.05, 3.63) is 24.3 Å². The van der Waals surface area contributed by atoms with Gasteiger partial charge in [0.2, 0.25) is 5.91 Å². The van der Waals surface area contributed by atoms with E-state index in [0.29, 0.717) is 18.3 Å². The Balaban J connectivity index is 1.57. The Morgan fingerprint density at radius 3 is 2.91 bits per heavy atom. The first-order chi connectivity index (χ1) is 11.2. The van der Waals surface area contributed by atoms with Gasteiger partial charge in [-0.25, -0.2) is 4.79 Å². The molecule has 1 saturated heterocycles. The summed E-state index contributed by atoms with van der Waals surface area (Å²) in [7, 11) is 0. The maximum atomic E-state index is 12.5. The largest absolute Gasteiger partial charge is 0.350 e. The molecule has 5 heteroatoms. The van der Waals surface area contributed by atoms with Crippen LogP contribution in [0, 0.1) is 5.92 Å². The zero-order valence-corrected chi connectivity index (χ0v) is 13.8. The molecule has 124 valence electrons. The van der Waals surface area contributed by atoms with Gasteiger partial charge in [0.15, 0.2) is 0 Å². The van der Waals surface area contributed by atoms with Gasteiger partial charge in [-0.3, -0.25) is 9.69 Å². The third-order valence-electron chi connectivity index (χ3n) is 5.04. The fourth-order valence-corrected chi connectivity index (χ4v) is 3.73. The quantitative estimate of drug-likeness (QED) is 0.784. The van der Waals surface area contributed by atoms with E-state index in [1.54, 1.807) is 6.08 Å². The van der Waals surface area contributed by atoms with E-state index < -0.39 is 6.03 Å². The number of rotatable bonds is 5. The van der Waals surface area contributed by atoms with Crippen LogP contribution in [0.2, 0.25) is 0 Å².